The number of aromatic nitrogens is 3. The number of aryl methyl sites for hydroxylation is 2. The van der Waals surface area contributed by atoms with Crippen LogP contribution in [0.5, 0.6) is 0 Å². The van der Waals surface area contributed by atoms with E-state index in [0.29, 0.717) is 27.9 Å². The van der Waals surface area contributed by atoms with Gasteiger partial charge in [0, 0.05) is 28.0 Å². The average molecular weight is 569 g/mol. The lowest BCUT2D eigenvalue weighted by Crippen LogP contribution is -2.16. The molecule has 5 rings (SSSR count). The molecule has 0 saturated heterocycles. The van der Waals surface area contributed by atoms with E-state index < -0.39 is 5.97 Å². The zero-order valence-electron chi connectivity index (χ0n) is 21.4. The van der Waals surface area contributed by atoms with Crippen molar-refractivity contribution in [1.82, 2.24) is 14.8 Å². The first-order chi connectivity index (χ1) is 18.3. The zero-order valence-corrected chi connectivity index (χ0v) is 23.0. The van der Waals surface area contributed by atoms with Crippen LogP contribution in [0.3, 0.4) is 0 Å². The number of hydrogen-bond acceptors (Lipinski definition) is 5. The van der Waals surface area contributed by atoms with Crippen molar-refractivity contribution in [3.63, 3.8) is 0 Å². The molecular weight excluding hydrogens is 544 g/mol. The summed E-state index contributed by atoms with van der Waals surface area (Å²) in [5.41, 5.74) is 6.83. The monoisotopic (exact) mass is 568 g/mol. The number of pyridine rings is 1. The Balaban J connectivity index is 1.67. The third-order valence-corrected chi connectivity index (χ3v) is 6.92. The van der Waals surface area contributed by atoms with Gasteiger partial charge in [0.15, 0.2) is 0 Å². The van der Waals surface area contributed by atoms with E-state index in [0.717, 1.165) is 38.1 Å². The Kier molecular flexibility index (Phi) is 6.82. The summed E-state index contributed by atoms with van der Waals surface area (Å²) >= 11 is 3.54. The fourth-order valence-electron chi connectivity index (χ4n) is 4.66. The number of methoxy groups -OCH3 is 1. The Bertz CT molecular complexity index is 1710. The minimum Gasteiger partial charge on any atom is -0.465 e. The summed E-state index contributed by atoms with van der Waals surface area (Å²) in [6.45, 7) is 3.80. The first-order valence-electron chi connectivity index (χ1n) is 12.0. The molecular formula is C30H25BrN4O3. The van der Waals surface area contributed by atoms with Crippen LogP contribution in [0.15, 0.2) is 77.3 Å². The Morgan fingerprint density at radius 1 is 0.974 bits per heavy atom. The molecule has 38 heavy (non-hydrogen) atoms. The normalized spacial score (nSPS) is 11.0. The van der Waals surface area contributed by atoms with Gasteiger partial charge < -0.3 is 10.1 Å². The molecule has 0 bridgehead atoms. The third kappa shape index (κ3) is 4.70. The fourth-order valence-corrected chi connectivity index (χ4v) is 5.02. The van der Waals surface area contributed by atoms with Crippen LogP contribution in [0.2, 0.25) is 0 Å². The summed E-state index contributed by atoms with van der Waals surface area (Å²) in [5.74, 6) is -0.743. The third-order valence-electron chi connectivity index (χ3n) is 6.43. The van der Waals surface area contributed by atoms with Gasteiger partial charge in [0.25, 0.3) is 5.91 Å². The van der Waals surface area contributed by atoms with E-state index in [1.54, 1.807) is 22.9 Å². The second-order valence-electron chi connectivity index (χ2n) is 8.99. The van der Waals surface area contributed by atoms with E-state index in [2.05, 4.69) is 26.3 Å². The molecule has 3 aromatic carbocycles. The van der Waals surface area contributed by atoms with E-state index in [-0.39, 0.29) is 5.91 Å². The van der Waals surface area contributed by atoms with Crippen LogP contribution in [0, 0.1) is 13.8 Å². The van der Waals surface area contributed by atoms with Crippen LogP contribution < -0.4 is 5.32 Å². The largest absolute Gasteiger partial charge is 0.465 e. The fraction of sp³-hybridized carbons (Fsp3) is 0.133. The van der Waals surface area contributed by atoms with Crippen LogP contribution in [0.4, 0.5) is 5.69 Å². The van der Waals surface area contributed by atoms with Gasteiger partial charge in [0.1, 0.15) is 0 Å². The number of esters is 1. The average Bonchev–Trinajstić information content (AvgIpc) is 3.25. The maximum absolute atomic E-state index is 14.0. The molecule has 0 spiro atoms. The molecule has 7 nitrogen and oxygen atoms in total. The van der Waals surface area contributed by atoms with Crippen molar-refractivity contribution < 1.29 is 14.3 Å². The SMILES string of the molecule is COC(=O)c1ccc(NC(=O)c2c(C)c(-c3ccccc3)nc3ccc(Br)cc23)c(-c2cc(C)nn2C)c1. The van der Waals surface area contributed by atoms with Crippen LogP contribution >= 0.6 is 15.9 Å². The van der Waals surface area contributed by atoms with Crippen LogP contribution in [0.25, 0.3) is 33.4 Å². The van der Waals surface area contributed by atoms with Crippen LogP contribution in [0.1, 0.15) is 32.0 Å². The Morgan fingerprint density at radius 3 is 2.42 bits per heavy atom. The maximum atomic E-state index is 14.0. The minimum absolute atomic E-state index is 0.281. The molecule has 5 aromatic rings. The van der Waals surface area contributed by atoms with E-state index in [1.807, 2.05) is 75.5 Å². The Labute approximate surface area is 228 Å². The molecule has 0 fully saturated rings. The first kappa shape index (κ1) is 25.4. The number of halogens is 1. The summed E-state index contributed by atoms with van der Waals surface area (Å²) < 4.78 is 7.49. The van der Waals surface area contributed by atoms with Gasteiger partial charge in [0.05, 0.1) is 46.5 Å². The van der Waals surface area contributed by atoms with Crippen LogP contribution in [-0.4, -0.2) is 33.8 Å². The van der Waals surface area contributed by atoms with Gasteiger partial charge in [-0.1, -0.05) is 46.3 Å². The Morgan fingerprint density at radius 2 is 1.74 bits per heavy atom. The summed E-state index contributed by atoms with van der Waals surface area (Å²) in [5, 5.41) is 8.28. The molecule has 0 aliphatic carbocycles. The molecule has 0 aliphatic heterocycles. The number of ether oxygens (including phenoxy) is 1. The second-order valence-corrected chi connectivity index (χ2v) is 9.90. The number of benzene rings is 3. The smallest absolute Gasteiger partial charge is 0.337 e. The highest BCUT2D eigenvalue weighted by Gasteiger charge is 2.22. The van der Waals surface area contributed by atoms with Gasteiger partial charge in [-0.05, 0) is 61.9 Å². The number of carbonyl (C=O) groups excluding carboxylic acids is 2. The number of rotatable bonds is 5. The molecule has 1 amide bonds. The predicted molar refractivity (Wildman–Crippen MR) is 152 cm³/mol. The quantitative estimate of drug-likeness (QED) is 0.238. The van der Waals surface area contributed by atoms with E-state index in [4.69, 9.17) is 9.72 Å². The molecule has 0 saturated carbocycles. The molecule has 0 aliphatic rings. The van der Waals surface area contributed by atoms with Crippen molar-refractivity contribution in [3.8, 4) is 22.5 Å². The number of hydrogen-bond donors (Lipinski definition) is 1. The number of anilines is 1. The van der Waals surface area contributed by atoms with Gasteiger partial charge in [-0.25, -0.2) is 9.78 Å². The van der Waals surface area contributed by atoms with Gasteiger partial charge in [0.2, 0.25) is 0 Å². The molecule has 8 heteroatoms. The summed E-state index contributed by atoms with van der Waals surface area (Å²) in [6.07, 6.45) is 0. The van der Waals surface area contributed by atoms with Gasteiger partial charge in [-0.3, -0.25) is 9.48 Å². The minimum atomic E-state index is -0.462. The summed E-state index contributed by atoms with van der Waals surface area (Å²) in [4.78, 5) is 31.2. The molecule has 2 heterocycles. The zero-order chi connectivity index (χ0) is 27.0. The summed E-state index contributed by atoms with van der Waals surface area (Å²) in [6, 6.07) is 22.5. The van der Waals surface area contributed by atoms with Crippen molar-refractivity contribution in [2.24, 2.45) is 7.05 Å². The Hall–Kier alpha value is -4.30. The number of nitrogens with one attached hydrogen (secondary N) is 1. The maximum Gasteiger partial charge on any atom is 0.337 e. The van der Waals surface area contributed by atoms with Crippen LogP contribution in [-0.2, 0) is 11.8 Å². The van der Waals surface area contributed by atoms with Gasteiger partial charge in [-0.15, -0.1) is 0 Å². The number of fused-ring (bicyclic) bond motifs is 1. The number of nitrogens with zero attached hydrogens (tertiary/aromatic N) is 3. The van der Waals surface area contributed by atoms with E-state index in [1.165, 1.54) is 7.11 Å². The topological polar surface area (TPSA) is 86.1 Å². The molecule has 2 aromatic heterocycles. The second kappa shape index (κ2) is 10.2. The number of amides is 1. The molecule has 0 atom stereocenters. The molecule has 190 valence electrons. The van der Waals surface area contributed by atoms with Crippen molar-refractivity contribution in [2.75, 3.05) is 12.4 Å². The lowest BCUT2D eigenvalue weighted by atomic mass is 9.96. The van der Waals surface area contributed by atoms with Gasteiger partial charge in [-0.2, -0.15) is 5.10 Å². The lowest BCUT2D eigenvalue weighted by molar-refractivity contribution is 0.0600. The van der Waals surface area contributed by atoms with Gasteiger partial charge >= 0.3 is 5.97 Å². The van der Waals surface area contributed by atoms with E-state index >= 15 is 0 Å². The molecule has 0 unspecified atom stereocenters. The first-order valence-corrected chi connectivity index (χ1v) is 12.8. The predicted octanol–water partition coefficient (Wildman–Crippen LogP) is 6.72. The van der Waals surface area contributed by atoms with Crippen molar-refractivity contribution >= 4 is 44.4 Å². The standard InChI is InChI=1S/C30H25BrN4O3/c1-17-14-26(35(3)34-17)22-15-20(30(37)38-4)10-12-24(22)33-29(36)27-18(2)28(19-8-6-5-7-9-19)32-25-13-11-21(31)16-23(25)27/h5-16H,1-4H3,(H,33,36). The van der Waals surface area contributed by atoms with Crippen molar-refractivity contribution in [3.05, 3.63) is 99.7 Å². The van der Waals surface area contributed by atoms with E-state index in [9.17, 15) is 9.59 Å². The molecule has 1 N–H and O–H groups in total. The molecule has 0 radical (unpaired) electrons. The highest BCUT2D eigenvalue weighted by molar-refractivity contribution is 9.10. The number of carbonyl (C=O) groups is 2. The summed E-state index contributed by atoms with van der Waals surface area (Å²) in [7, 11) is 3.16. The lowest BCUT2D eigenvalue weighted by Gasteiger charge is -2.17. The van der Waals surface area contributed by atoms with Crippen molar-refractivity contribution in [1.29, 1.82) is 0 Å². The highest BCUT2D eigenvalue weighted by Crippen LogP contribution is 2.34. The van der Waals surface area contributed by atoms with Crippen molar-refractivity contribution in [2.45, 2.75) is 13.8 Å². The highest BCUT2D eigenvalue weighted by atomic mass is 79.9.